The molecule has 0 spiro atoms. The molecule has 1 amide bonds. The summed E-state index contributed by atoms with van der Waals surface area (Å²) in [6, 6.07) is 7.52. The number of ether oxygens (including phenoxy) is 2. The van der Waals surface area contributed by atoms with E-state index in [2.05, 4.69) is 5.18 Å². The highest BCUT2D eigenvalue weighted by molar-refractivity contribution is 5.68. The number of carbonyl (C=O) groups is 1. The van der Waals surface area contributed by atoms with Gasteiger partial charge in [0.05, 0.1) is 13.2 Å². The zero-order valence-corrected chi connectivity index (χ0v) is 13.2. The highest BCUT2D eigenvalue weighted by Crippen LogP contribution is 2.24. The molecule has 0 aliphatic carbocycles. The van der Waals surface area contributed by atoms with Crippen molar-refractivity contribution in [2.45, 2.75) is 39.0 Å². The van der Waals surface area contributed by atoms with E-state index in [0.717, 1.165) is 11.1 Å². The molecule has 0 aromatic heterocycles. The van der Waals surface area contributed by atoms with E-state index in [0.29, 0.717) is 19.7 Å². The van der Waals surface area contributed by atoms with E-state index < -0.39 is 5.60 Å². The number of morpholine rings is 1. The Morgan fingerprint density at radius 2 is 2.05 bits per heavy atom. The van der Waals surface area contributed by atoms with Crippen molar-refractivity contribution in [2.24, 2.45) is 5.18 Å². The third kappa shape index (κ3) is 4.53. The van der Waals surface area contributed by atoms with Gasteiger partial charge in [0.1, 0.15) is 18.2 Å². The van der Waals surface area contributed by atoms with Gasteiger partial charge in [-0.15, -0.1) is 0 Å². The van der Waals surface area contributed by atoms with Crippen LogP contribution in [0.25, 0.3) is 0 Å². The Bertz CT molecular complexity index is 522. The van der Waals surface area contributed by atoms with Crippen LogP contribution in [0.2, 0.25) is 0 Å². The normalized spacial score (nSPS) is 18.9. The lowest BCUT2D eigenvalue weighted by molar-refractivity contribution is -0.0432. The molecule has 1 aromatic rings. The molecule has 1 aromatic carbocycles. The highest BCUT2D eigenvalue weighted by atomic mass is 16.6. The van der Waals surface area contributed by atoms with Crippen LogP contribution in [-0.2, 0) is 16.0 Å². The SMILES string of the molecule is CC(C)(C)OC(=O)N1CCO[C@@H](c2ccc(CN=O)cc2)C1. The van der Waals surface area contributed by atoms with Crippen LogP contribution in [0, 0.1) is 4.91 Å². The highest BCUT2D eigenvalue weighted by Gasteiger charge is 2.28. The van der Waals surface area contributed by atoms with Crippen LogP contribution in [-0.4, -0.2) is 36.3 Å². The number of rotatable bonds is 3. The first-order chi connectivity index (χ1) is 10.4. The number of nitroso groups, excluding NO2 is 1. The van der Waals surface area contributed by atoms with Crippen molar-refractivity contribution < 1.29 is 14.3 Å². The zero-order valence-electron chi connectivity index (χ0n) is 13.2. The van der Waals surface area contributed by atoms with E-state index in [4.69, 9.17) is 9.47 Å². The summed E-state index contributed by atoms with van der Waals surface area (Å²) < 4.78 is 11.1. The second-order valence-electron chi connectivity index (χ2n) is 6.31. The lowest BCUT2D eigenvalue weighted by Gasteiger charge is -2.34. The first-order valence-electron chi connectivity index (χ1n) is 7.36. The first kappa shape index (κ1) is 16.4. The molecule has 22 heavy (non-hydrogen) atoms. The summed E-state index contributed by atoms with van der Waals surface area (Å²) in [5.74, 6) is 0. The molecule has 0 N–H and O–H groups in total. The predicted octanol–water partition coefficient (Wildman–Crippen LogP) is 3.26. The molecule has 1 aliphatic rings. The van der Waals surface area contributed by atoms with Gasteiger partial charge < -0.3 is 14.4 Å². The molecule has 1 saturated heterocycles. The monoisotopic (exact) mass is 306 g/mol. The van der Waals surface area contributed by atoms with Crippen LogP contribution in [0.15, 0.2) is 29.4 Å². The van der Waals surface area contributed by atoms with Gasteiger partial charge in [0.2, 0.25) is 0 Å². The molecular formula is C16H22N2O4. The third-order valence-electron chi connectivity index (χ3n) is 3.32. The molecule has 6 nitrogen and oxygen atoms in total. The number of carbonyl (C=O) groups excluding carboxylic acids is 1. The first-order valence-corrected chi connectivity index (χ1v) is 7.36. The summed E-state index contributed by atoms with van der Waals surface area (Å²) in [5.41, 5.74) is 1.33. The van der Waals surface area contributed by atoms with Crippen molar-refractivity contribution in [3.8, 4) is 0 Å². The largest absolute Gasteiger partial charge is 0.444 e. The van der Waals surface area contributed by atoms with Gasteiger partial charge in [0, 0.05) is 6.54 Å². The molecule has 1 atom stereocenters. The average molecular weight is 306 g/mol. The van der Waals surface area contributed by atoms with E-state index in [-0.39, 0.29) is 18.7 Å². The van der Waals surface area contributed by atoms with Crippen molar-refractivity contribution in [2.75, 3.05) is 19.7 Å². The Kier molecular flexibility index (Phi) is 5.13. The van der Waals surface area contributed by atoms with Crippen LogP contribution in [0.3, 0.4) is 0 Å². The molecule has 1 aliphatic heterocycles. The topological polar surface area (TPSA) is 68.2 Å². The predicted molar refractivity (Wildman–Crippen MR) is 82.4 cm³/mol. The van der Waals surface area contributed by atoms with Crippen molar-refractivity contribution in [3.05, 3.63) is 40.3 Å². The minimum atomic E-state index is -0.506. The van der Waals surface area contributed by atoms with Crippen LogP contribution in [0.1, 0.15) is 38.0 Å². The van der Waals surface area contributed by atoms with E-state index in [1.54, 1.807) is 4.90 Å². The van der Waals surface area contributed by atoms with E-state index >= 15 is 0 Å². The van der Waals surface area contributed by atoms with Crippen molar-refractivity contribution in [1.82, 2.24) is 4.90 Å². The molecule has 2 rings (SSSR count). The van der Waals surface area contributed by atoms with Gasteiger partial charge in [-0.1, -0.05) is 29.4 Å². The lowest BCUT2D eigenvalue weighted by atomic mass is 10.1. The fourth-order valence-corrected chi connectivity index (χ4v) is 2.26. The van der Waals surface area contributed by atoms with Crippen molar-refractivity contribution in [1.29, 1.82) is 0 Å². The second kappa shape index (κ2) is 6.87. The Balaban J connectivity index is 2.00. The summed E-state index contributed by atoms with van der Waals surface area (Å²) in [6.45, 7) is 7.17. The van der Waals surface area contributed by atoms with Gasteiger partial charge >= 0.3 is 6.09 Å². The summed E-state index contributed by atoms with van der Waals surface area (Å²) >= 11 is 0. The Morgan fingerprint density at radius 3 is 2.64 bits per heavy atom. The van der Waals surface area contributed by atoms with Crippen LogP contribution in [0.4, 0.5) is 4.79 Å². The summed E-state index contributed by atoms with van der Waals surface area (Å²) in [5, 5.41) is 2.87. The van der Waals surface area contributed by atoms with Gasteiger partial charge in [-0.2, -0.15) is 4.91 Å². The fraction of sp³-hybridized carbons (Fsp3) is 0.562. The lowest BCUT2D eigenvalue weighted by Crippen LogP contribution is -2.44. The fourth-order valence-electron chi connectivity index (χ4n) is 2.26. The van der Waals surface area contributed by atoms with Crippen molar-refractivity contribution >= 4 is 6.09 Å². The van der Waals surface area contributed by atoms with Crippen LogP contribution in [0.5, 0.6) is 0 Å². The van der Waals surface area contributed by atoms with Gasteiger partial charge in [-0.3, -0.25) is 0 Å². The van der Waals surface area contributed by atoms with Gasteiger partial charge in [0.15, 0.2) is 0 Å². The smallest absolute Gasteiger partial charge is 0.410 e. The molecule has 1 heterocycles. The van der Waals surface area contributed by atoms with Gasteiger partial charge in [-0.05, 0) is 31.9 Å². The van der Waals surface area contributed by atoms with Gasteiger partial charge in [-0.25, -0.2) is 4.79 Å². The summed E-state index contributed by atoms with van der Waals surface area (Å²) in [6.07, 6.45) is -0.498. The maximum atomic E-state index is 12.1. The minimum absolute atomic E-state index is 0.163. The molecule has 0 unspecified atom stereocenters. The number of benzene rings is 1. The molecule has 120 valence electrons. The maximum absolute atomic E-state index is 12.1. The summed E-state index contributed by atoms with van der Waals surface area (Å²) in [4.78, 5) is 24.1. The number of amides is 1. The molecule has 0 saturated carbocycles. The van der Waals surface area contributed by atoms with E-state index in [1.807, 2.05) is 45.0 Å². The standard InChI is InChI=1S/C16H22N2O4/c1-16(2,3)22-15(19)18-8-9-21-14(11-18)13-6-4-12(5-7-13)10-17-20/h4-7,14H,8-11H2,1-3H3/t14-/m1/s1. The summed E-state index contributed by atoms with van der Waals surface area (Å²) in [7, 11) is 0. The Hall–Kier alpha value is -1.95. The van der Waals surface area contributed by atoms with Crippen LogP contribution < -0.4 is 0 Å². The molecular weight excluding hydrogens is 284 g/mol. The van der Waals surface area contributed by atoms with Gasteiger partial charge in [0.25, 0.3) is 0 Å². The Labute approximate surface area is 130 Å². The van der Waals surface area contributed by atoms with Crippen molar-refractivity contribution in [3.63, 3.8) is 0 Å². The minimum Gasteiger partial charge on any atom is -0.444 e. The molecule has 0 bridgehead atoms. The number of hydrogen-bond donors (Lipinski definition) is 0. The number of hydrogen-bond acceptors (Lipinski definition) is 5. The van der Waals surface area contributed by atoms with Crippen LogP contribution >= 0.6 is 0 Å². The zero-order chi connectivity index (χ0) is 16.2. The number of nitrogens with zero attached hydrogens (tertiary/aromatic N) is 2. The maximum Gasteiger partial charge on any atom is 0.410 e. The average Bonchev–Trinajstić information content (AvgIpc) is 2.47. The second-order valence-corrected chi connectivity index (χ2v) is 6.31. The molecule has 1 fully saturated rings. The quantitative estimate of drug-likeness (QED) is 0.804. The molecule has 6 heteroatoms. The third-order valence-corrected chi connectivity index (χ3v) is 3.32. The van der Waals surface area contributed by atoms with E-state index in [9.17, 15) is 9.70 Å². The molecule has 0 radical (unpaired) electrons. The Morgan fingerprint density at radius 1 is 1.36 bits per heavy atom. The van der Waals surface area contributed by atoms with E-state index in [1.165, 1.54) is 0 Å².